The number of ether oxygens (including phenoxy) is 3. The van der Waals surface area contributed by atoms with Crippen molar-refractivity contribution in [3.05, 3.63) is 77.5 Å². The molecule has 0 amide bonds. The Morgan fingerprint density at radius 3 is 2.29 bits per heavy atom. The van der Waals surface area contributed by atoms with Gasteiger partial charge in [0, 0.05) is 28.8 Å². The number of nitrogens with one attached hydrogen (secondary N) is 1. The van der Waals surface area contributed by atoms with E-state index in [-0.39, 0.29) is 17.3 Å². The molecule has 0 saturated heterocycles. The van der Waals surface area contributed by atoms with E-state index >= 15 is 0 Å². The standard InChI is InChI=1S/C27H29N2O5P/c1-32-24-15-18(16-25(35-4)27(24)34-3)10-9-17-13-21(26(33-2)23(31)14-17)29-12-11-22(30)19-7-5-6-8-20(19)28/h5-16,29,31,35H,28H2,1-4H3/b10-9-,12-11-. The van der Waals surface area contributed by atoms with Crippen LogP contribution in [0.5, 0.6) is 23.0 Å². The van der Waals surface area contributed by atoms with Gasteiger partial charge in [0.1, 0.15) is 0 Å². The molecule has 0 aliphatic rings. The minimum Gasteiger partial charge on any atom is -0.504 e. The van der Waals surface area contributed by atoms with Crippen LogP contribution in [0.2, 0.25) is 0 Å². The number of nitrogens with two attached hydrogens (primary N) is 1. The average Bonchev–Trinajstić information content (AvgIpc) is 2.86. The molecule has 0 spiro atoms. The van der Waals surface area contributed by atoms with Crippen LogP contribution >= 0.6 is 8.58 Å². The first-order valence-corrected chi connectivity index (χ1v) is 12.3. The average molecular weight is 493 g/mol. The van der Waals surface area contributed by atoms with Crippen molar-refractivity contribution in [1.29, 1.82) is 0 Å². The third kappa shape index (κ3) is 6.14. The molecule has 7 nitrogen and oxygen atoms in total. The molecule has 3 aromatic carbocycles. The zero-order valence-corrected chi connectivity index (χ0v) is 21.1. The lowest BCUT2D eigenvalue weighted by molar-refractivity contribution is 0.104. The van der Waals surface area contributed by atoms with Crippen molar-refractivity contribution in [3.8, 4) is 23.0 Å². The van der Waals surface area contributed by atoms with E-state index in [1.165, 1.54) is 19.4 Å². The molecule has 1 atom stereocenters. The van der Waals surface area contributed by atoms with Gasteiger partial charge in [-0.2, -0.15) is 0 Å². The number of carbonyl (C=O) groups excluding carboxylic acids is 1. The topological polar surface area (TPSA) is 103 Å². The number of carbonyl (C=O) groups is 1. The molecule has 35 heavy (non-hydrogen) atoms. The summed E-state index contributed by atoms with van der Waals surface area (Å²) in [7, 11) is 5.23. The number of hydrogen-bond acceptors (Lipinski definition) is 7. The van der Waals surface area contributed by atoms with Gasteiger partial charge in [0.25, 0.3) is 0 Å². The molecule has 0 heterocycles. The molecule has 0 aromatic heterocycles. The molecule has 0 fully saturated rings. The Bertz CT molecular complexity index is 1250. The van der Waals surface area contributed by atoms with Gasteiger partial charge in [-0.3, -0.25) is 4.79 Å². The Hall–Kier alpha value is -3.96. The smallest absolute Gasteiger partial charge is 0.189 e. The third-order valence-corrected chi connectivity index (χ3v) is 6.14. The number of phenolic OH excluding ortho intramolecular Hbond substituents is 1. The first-order valence-electron chi connectivity index (χ1n) is 10.8. The van der Waals surface area contributed by atoms with Crippen LogP contribution in [-0.4, -0.2) is 38.9 Å². The summed E-state index contributed by atoms with van der Waals surface area (Å²) in [5.74, 6) is 1.38. The van der Waals surface area contributed by atoms with Crippen molar-refractivity contribution < 1.29 is 24.1 Å². The number of aromatic hydroxyl groups is 1. The maximum atomic E-state index is 12.4. The molecule has 1 unspecified atom stereocenters. The maximum Gasteiger partial charge on any atom is 0.189 e. The van der Waals surface area contributed by atoms with Crippen molar-refractivity contribution in [2.24, 2.45) is 0 Å². The number of ketones is 1. The van der Waals surface area contributed by atoms with Gasteiger partial charge in [0.05, 0.1) is 27.0 Å². The number of para-hydroxylation sites is 1. The lowest BCUT2D eigenvalue weighted by atomic mass is 10.1. The van der Waals surface area contributed by atoms with E-state index < -0.39 is 0 Å². The Morgan fingerprint density at radius 2 is 1.66 bits per heavy atom. The van der Waals surface area contributed by atoms with Gasteiger partial charge in [-0.1, -0.05) is 32.9 Å². The van der Waals surface area contributed by atoms with E-state index in [0.29, 0.717) is 31.3 Å². The number of anilines is 2. The maximum absolute atomic E-state index is 12.4. The van der Waals surface area contributed by atoms with Gasteiger partial charge in [-0.25, -0.2) is 0 Å². The first-order chi connectivity index (χ1) is 16.9. The van der Waals surface area contributed by atoms with Crippen LogP contribution in [0, 0.1) is 0 Å². The normalized spacial score (nSPS) is 11.4. The number of nitrogen functional groups attached to an aromatic ring is 1. The molecule has 3 rings (SSSR count). The van der Waals surface area contributed by atoms with Gasteiger partial charge in [0.15, 0.2) is 28.8 Å². The third-order valence-electron chi connectivity index (χ3n) is 5.23. The lowest BCUT2D eigenvalue weighted by Crippen LogP contribution is -2.04. The summed E-state index contributed by atoms with van der Waals surface area (Å²) >= 11 is 0. The second-order valence-corrected chi connectivity index (χ2v) is 8.48. The van der Waals surface area contributed by atoms with Crippen LogP contribution in [0.4, 0.5) is 11.4 Å². The Kier molecular flexibility index (Phi) is 8.76. The fourth-order valence-corrected chi connectivity index (χ4v) is 4.29. The van der Waals surface area contributed by atoms with Crippen molar-refractivity contribution in [3.63, 3.8) is 0 Å². The van der Waals surface area contributed by atoms with Gasteiger partial charge >= 0.3 is 0 Å². The lowest BCUT2D eigenvalue weighted by Gasteiger charge is -2.13. The molecule has 0 aliphatic heterocycles. The van der Waals surface area contributed by atoms with E-state index in [2.05, 4.69) is 12.0 Å². The van der Waals surface area contributed by atoms with Crippen LogP contribution < -0.4 is 30.6 Å². The van der Waals surface area contributed by atoms with E-state index in [1.54, 1.807) is 44.6 Å². The highest BCUT2D eigenvalue weighted by atomic mass is 31.1. The summed E-state index contributed by atoms with van der Waals surface area (Å²) < 4.78 is 16.3. The summed E-state index contributed by atoms with van der Waals surface area (Å²) in [6.07, 6.45) is 6.66. The van der Waals surface area contributed by atoms with E-state index in [1.807, 2.05) is 30.4 Å². The summed E-state index contributed by atoms with van der Waals surface area (Å²) in [6.45, 7) is 2.08. The van der Waals surface area contributed by atoms with Gasteiger partial charge in [0.2, 0.25) is 0 Å². The molecular formula is C27H29N2O5P. The summed E-state index contributed by atoms with van der Waals surface area (Å²) in [5.41, 5.74) is 8.86. The predicted molar refractivity (Wildman–Crippen MR) is 145 cm³/mol. The second kappa shape index (κ2) is 12.0. The molecule has 0 radical (unpaired) electrons. The second-order valence-electron chi connectivity index (χ2n) is 7.44. The quantitative estimate of drug-likeness (QED) is 0.121. The largest absolute Gasteiger partial charge is 0.504 e. The van der Waals surface area contributed by atoms with Crippen LogP contribution in [0.3, 0.4) is 0 Å². The van der Waals surface area contributed by atoms with Crippen LogP contribution in [-0.2, 0) is 0 Å². The number of methoxy groups -OCH3 is 3. The first kappa shape index (κ1) is 25.7. The zero-order valence-electron chi connectivity index (χ0n) is 20.1. The molecule has 8 heteroatoms. The van der Waals surface area contributed by atoms with E-state index in [4.69, 9.17) is 19.9 Å². The SMILES string of the molecule is COc1cc(/C=C\c2cc(O)c(OC)c(N/C=C\C(=O)c3ccccc3N)c2)cc(PC)c1OC. The molecule has 182 valence electrons. The zero-order chi connectivity index (χ0) is 25.4. The highest BCUT2D eigenvalue weighted by molar-refractivity contribution is 7.46. The minimum absolute atomic E-state index is 0.0350. The van der Waals surface area contributed by atoms with Crippen molar-refractivity contribution in [2.45, 2.75) is 0 Å². The fraction of sp³-hybridized carbons (Fsp3) is 0.148. The van der Waals surface area contributed by atoms with Gasteiger partial charge < -0.3 is 30.4 Å². The van der Waals surface area contributed by atoms with E-state index in [0.717, 1.165) is 22.2 Å². The number of rotatable bonds is 10. The fourth-order valence-electron chi connectivity index (χ4n) is 3.53. The summed E-state index contributed by atoms with van der Waals surface area (Å²) in [6, 6.07) is 14.2. The van der Waals surface area contributed by atoms with Crippen LogP contribution in [0.1, 0.15) is 21.5 Å². The Labute approximate surface area is 207 Å². The molecular weight excluding hydrogens is 463 g/mol. The van der Waals surface area contributed by atoms with Gasteiger partial charge in [-0.05, 0) is 54.2 Å². The molecule has 0 aliphatic carbocycles. The van der Waals surface area contributed by atoms with Crippen molar-refractivity contribution in [1.82, 2.24) is 0 Å². The van der Waals surface area contributed by atoms with Gasteiger partial charge in [-0.15, -0.1) is 0 Å². The number of benzene rings is 3. The molecule has 3 aromatic rings. The summed E-state index contributed by atoms with van der Waals surface area (Å²) in [4.78, 5) is 12.4. The summed E-state index contributed by atoms with van der Waals surface area (Å²) in [5, 5.41) is 14.6. The van der Waals surface area contributed by atoms with Crippen LogP contribution in [0.25, 0.3) is 12.2 Å². The Balaban J connectivity index is 1.86. The highest BCUT2D eigenvalue weighted by Crippen LogP contribution is 2.37. The number of phenols is 1. The number of allylic oxidation sites excluding steroid dienone is 1. The highest BCUT2D eigenvalue weighted by Gasteiger charge is 2.12. The van der Waals surface area contributed by atoms with Crippen LogP contribution in [0.15, 0.2) is 60.8 Å². The minimum atomic E-state index is -0.240. The monoisotopic (exact) mass is 492 g/mol. The Morgan fingerprint density at radius 1 is 0.971 bits per heavy atom. The molecule has 4 N–H and O–H groups in total. The molecule has 0 bridgehead atoms. The van der Waals surface area contributed by atoms with E-state index in [9.17, 15) is 9.90 Å². The molecule has 0 saturated carbocycles. The predicted octanol–water partition coefficient (Wildman–Crippen LogP) is 4.91. The van der Waals surface area contributed by atoms with Crippen molar-refractivity contribution in [2.75, 3.05) is 39.0 Å². The number of hydrogen-bond donors (Lipinski definition) is 3. The van der Waals surface area contributed by atoms with Crippen molar-refractivity contribution >= 4 is 43.2 Å².